The summed E-state index contributed by atoms with van der Waals surface area (Å²) >= 11 is 0. The first-order valence-corrected chi connectivity index (χ1v) is 8.27. The summed E-state index contributed by atoms with van der Waals surface area (Å²) in [5, 5.41) is 7.77. The van der Waals surface area contributed by atoms with Gasteiger partial charge in [-0.05, 0) is 31.0 Å². The number of rotatable bonds is 7. The molecule has 3 N–H and O–H groups in total. The molecule has 0 aliphatic rings. The van der Waals surface area contributed by atoms with Crippen LogP contribution in [0.25, 0.3) is 0 Å². The molecule has 0 spiro atoms. The Hall–Kier alpha value is -2.90. The molecule has 1 rings (SSSR count). The Bertz CT molecular complexity index is 666. The number of esters is 1. The number of amides is 3. The lowest BCUT2D eigenvalue weighted by molar-refractivity contribution is -0.129. The van der Waals surface area contributed by atoms with E-state index in [1.54, 1.807) is 0 Å². The Labute approximate surface area is 152 Å². The van der Waals surface area contributed by atoms with Crippen LogP contribution in [0.4, 0.5) is 11.4 Å². The van der Waals surface area contributed by atoms with Gasteiger partial charge in [-0.25, -0.2) is 4.79 Å². The number of ether oxygens (including phenoxy) is 1. The molecule has 0 saturated heterocycles. The zero-order valence-electron chi connectivity index (χ0n) is 15.6. The molecule has 0 aliphatic carbocycles. The molecular formula is C18H25N3O5. The van der Waals surface area contributed by atoms with Crippen molar-refractivity contribution in [2.75, 3.05) is 17.2 Å². The Kier molecular flexibility index (Phi) is 7.77. The van der Waals surface area contributed by atoms with E-state index in [9.17, 15) is 19.2 Å². The standard InChI is InChI=1S/C18H25N3O5/c1-10(2)9-19-17(24)11(3)26-18(25)14-6-15(20-12(4)22)8-16(7-14)21-13(5)23/h6-8,10-11H,9H2,1-5H3,(H,19,24)(H,20,22)(H,21,23). The van der Waals surface area contributed by atoms with Gasteiger partial charge in [0.1, 0.15) is 0 Å². The molecule has 8 heteroatoms. The van der Waals surface area contributed by atoms with Crippen LogP contribution >= 0.6 is 0 Å². The number of carbonyl (C=O) groups excluding carboxylic acids is 4. The van der Waals surface area contributed by atoms with E-state index in [1.807, 2.05) is 13.8 Å². The SMILES string of the molecule is CC(=O)Nc1cc(NC(C)=O)cc(C(=O)OC(C)C(=O)NCC(C)C)c1. The van der Waals surface area contributed by atoms with Gasteiger partial charge in [0.25, 0.3) is 5.91 Å². The smallest absolute Gasteiger partial charge is 0.339 e. The molecule has 1 aromatic carbocycles. The zero-order valence-corrected chi connectivity index (χ0v) is 15.6. The summed E-state index contributed by atoms with van der Waals surface area (Å²) < 4.78 is 5.17. The van der Waals surface area contributed by atoms with Gasteiger partial charge in [0.05, 0.1) is 5.56 Å². The number of carbonyl (C=O) groups is 4. The third-order valence-corrected chi connectivity index (χ3v) is 3.15. The fourth-order valence-electron chi connectivity index (χ4n) is 2.03. The molecule has 0 fully saturated rings. The lowest BCUT2D eigenvalue weighted by Crippen LogP contribution is -2.37. The number of hydrogen-bond donors (Lipinski definition) is 3. The van der Waals surface area contributed by atoms with E-state index in [1.165, 1.54) is 39.0 Å². The molecular weight excluding hydrogens is 338 g/mol. The van der Waals surface area contributed by atoms with Crippen molar-refractivity contribution >= 4 is 35.1 Å². The fraction of sp³-hybridized carbons (Fsp3) is 0.444. The van der Waals surface area contributed by atoms with Crippen molar-refractivity contribution in [2.45, 2.75) is 40.7 Å². The molecule has 0 radical (unpaired) electrons. The van der Waals surface area contributed by atoms with Gasteiger partial charge in [0, 0.05) is 31.8 Å². The second-order valence-corrected chi connectivity index (χ2v) is 6.35. The van der Waals surface area contributed by atoms with E-state index < -0.39 is 18.0 Å². The maximum atomic E-state index is 12.3. The molecule has 8 nitrogen and oxygen atoms in total. The van der Waals surface area contributed by atoms with Crippen LogP contribution in [0.5, 0.6) is 0 Å². The van der Waals surface area contributed by atoms with Gasteiger partial charge in [-0.15, -0.1) is 0 Å². The maximum absolute atomic E-state index is 12.3. The van der Waals surface area contributed by atoms with Crippen LogP contribution in [-0.4, -0.2) is 36.3 Å². The number of benzene rings is 1. The third kappa shape index (κ3) is 7.33. The molecule has 3 amide bonds. The molecule has 0 saturated carbocycles. The highest BCUT2D eigenvalue weighted by Crippen LogP contribution is 2.20. The molecule has 0 aromatic heterocycles. The number of anilines is 2. The molecule has 26 heavy (non-hydrogen) atoms. The first-order chi connectivity index (χ1) is 12.1. The summed E-state index contributed by atoms with van der Waals surface area (Å²) in [4.78, 5) is 46.8. The second kappa shape index (κ2) is 9.55. The quantitative estimate of drug-likeness (QED) is 0.641. The van der Waals surface area contributed by atoms with Gasteiger partial charge in [-0.1, -0.05) is 13.8 Å². The molecule has 142 valence electrons. The summed E-state index contributed by atoms with van der Waals surface area (Å²) in [5.41, 5.74) is 0.753. The minimum absolute atomic E-state index is 0.100. The van der Waals surface area contributed by atoms with Crippen LogP contribution < -0.4 is 16.0 Å². The first-order valence-electron chi connectivity index (χ1n) is 8.27. The molecule has 1 aromatic rings. The molecule has 0 aliphatic heterocycles. The minimum atomic E-state index is -0.977. The van der Waals surface area contributed by atoms with Crippen LogP contribution in [0.15, 0.2) is 18.2 Å². The van der Waals surface area contributed by atoms with Crippen molar-refractivity contribution in [3.63, 3.8) is 0 Å². The normalized spacial score (nSPS) is 11.5. The summed E-state index contributed by atoms with van der Waals surface area (Å²) in [5.74, 6) is -1.52. The Balaban J connectivity index is 2.93. The molecule has 0 heterocycles. The van der Waals surface area contributed by atoms with Gasteiger partial charge in [0.15, 0.2) is 6.10 Å². The largest absolute Gasteiger partial charge is 0.449 e. The molecule has 1 atom stereocenters. The zero-order chi connectivity index (χ0) is 19.9. The fourth-order valence-corrected chi connectivity index (χ4v) is 2.03. The third-order valence-electron chi connectivity index (χ3n) is 3.15. The predicted octanol–water partition coefficient (Wildman–Crippen LogP) is 1.92. The van der Waals surface area contributed by atoms with Gasteiger partial charge in [0.2, 0.25) is 11.8 Å². The van der Waals surface area contributed by atoms with Gasteiger partial charge < -0.3 is 20.7 Å². The first kappa shape index (κ1) is 21.1. The van der Waals surface area contributed by atoms with E-state index in [2.05, 4.69) is 16.0 Å². The van der Waals surface area contributed by atoms with Crippen LogP contribution in [0.1, 0.15) is 45.0 Å². The van der Waals surface area contributed by atoms with Crippen LogP contribution in [0.3, 0.4) is 0 Å². The Morgan fingerprint density at radius 2 is 1.42 bits per heavy atom. The average Bonchev–Trinajstić information content (AvgIpc) is 2.50. The van der Waals surface area contributed by atoms with Crippen LogP contribution in [-0.2, 0) is 19.1 Å². The van der Waals surface area contributed by atoms with Crippen molar-refractivity contribution in [1.29, 1.82) is 0 Å². The number of nitrogens with one attached hydrogen (secondary N) is 3. The van der Waals surface area contributed by atoms with Crippen molar-refractivity contribution < 1.29 is 23.9 Å². The lowest BCUT2D eigenvalue weighted by Gasteiger charge is -2.15. The van der Waals surface area contributed by atoms with E-state index in [0.717, 1.165) is 0 Å². The van der Waals surface area contributed by atoms with E-state index in [0.29, 0.717) is 17.9 Å². The van der Waals surface area contributed by atoms with Crippen LogP contribution in [0.2, 0.25) is 0 Å². The highest BCUT2D eigenvalue weighted by molar-refractivity contribution is 5.98. The van der Waals surface area contributed by atoms with Crippen molar-refractivity contribution in [2.24, 2.45) is 5.92 Å². The van der Waals surface area contributed by atoms with Crippen molar-refractivity contribution in [3.8, 4) is 0 Å². The van der Waals surface area contributed by atoms with Crippen molar-refractivity contribution in [3.05, 3.63) is 23.8 Å². The monoisotopic (exact) mass is 363 g/mol. The van der Waals surface area contributed by atoms with E-state index in [-0.39, 0.29) is 23.3 Å². The van der Waals surface area contributed by atoms with E-state index >= 15 is 0 Å². The van der Waals surface area contributed by atoms with Gasteiger partial charge in [-0.3, -0.25) is 14.4 Å². The lowest BCUT2D eigenvalue weighted by atomic mass is 10.1. The Morgan fingerprint density at radius 3 is 1.85 bits per heavy atom. The molecule has 1 unspecified atom stereocenters. The summed E-state index contributed by atoms with van der Waals surface area (Å²) in [6, 6.07) is 4.33. The number of hydrogen-bond acceptors (Lipinski definition) is 5. The minimum Gasteiger partial charge on any atom is -0.449 e. The van der Waals surface area contributed by atoms with Gasteiger partial charge in [-0.2, -0.15) is 0 Å². The second-order valence-electron chi connectivity index (χ2n) is 6.35. The highest BCUT2D eigenvalue weighted by atomic mass is 16.5. The Morgan fingerprint density at radius 1 is 0.923 bits per heavy atom. The van der Waals surface area contributed by atoms with Gasteiger partial charge >= 0.3 is 5.97 Å². The maximum Gasteiger partial charge on any atom is 0.339 e. The van der Waals surface area contributed by atoms with Crippen molar-refractivity contribution in [1.82, 2.24) is 5.32 Å². The summed E-state index contributed by atoms with van der Waals surface area (Å²) in [7, 11) is 0. The summed E-state index contributed by atoms with van der Waals surface area (Å²) in [6.45, 7) is 8.50. The highest BCUT2D eigenvalue weighted by Gasteiger charge is 2.20. The summed E-state index contributed by atoms with van der Waals surface area (Å²) in [6.07, 6.45) is -0.977. The van der Waals surface area contributed by atoms with E-state index in [4.69, 9.17) is 4.74 Å². The average molecular weight is 363 g/mol. The van der Waals surface area contributed by atoms with Crippen LogP contribution in [0, 0.1) is 5.92 Å². The molecule has 0 bridgehead atoms. The predicted molar refractivity (Wildman–Crippen MR) is 97.8 cm³/mol. The topological polar surface area (TPSA) is 114 Å².